The van der Waals surface area contributed by atoms with Crippen LogP contribution < -0.4 is 11.1 Å². The third-order valence-corrected chi connectivity index (χ3v) is 6.44. The van der Waals surface area contributed by atoms with Gasteiger partial charge >= 0.3 is 0 Å². The number of carbonyl (C=O) groups is 1. The highest BCUT2D eigenvalue weighted by molar-refractivity contribution is 8.03. The highest BCUT2D eigenvalue weighted by Crippen LogP contribution is 2.22. The summed E-state index contributed by atoms with van der Waals surface area (Å²) in [5.74, 6) is 2.24. The molecule has 1 aromatic heterocycles. The second-order valence-electron chi connectivity index (χ2n) is 7.63. The Hall–Kier alpha value is -2.69. The fourth-order valence-electron chi connectivity index (χ4n) is 3.65. The van der Waals surface area contributed by atoms with Gasteiger partial charge in [-0.1, -0.05) is 18.2 Å². The van der Waals surface area contributed by atoms with Gasteiger partial charge in [-0.3, -0.25) is 14.9 Å². The molecule has 2 aliphatic heterocycles. The molecule has 0 atom stereocenters. The summed E-state index contributed by atoms with van der Waals surface area (Å²) in [5, 5.41) is 11.6. The van der Waals surface area contributed by atoms with Gasteiger partial charge in [0.05, 0.1) is 37.2 Å². The van der Waals surface area contributed by atoms with E-state index in [1.807, 2.05) is 24.4 Å². The van der Waals surface area contributed by atoms with E-state index < -0.39 is 0 Å². The van der Waals surface area contributed by atoms with Crippen LogP contribution in [-0.2, 0) is 9.53 Å². The van der Waals surface area contributed by atoms with E-state index in [1.54, 1.807) is 11.8 Å². The summed E-state index contributed by atoms with van der Waals surface area (Å²) >= 11 is 1.78. The number of hydrogen-bond acceptors (Lipinski definition) is 8. The van der Waals surface area contributed by atoms with Gasteiger partial charge in [0, 0.05) is 37.0 Å². The molecule has 0 aliphatic carbocycles. The van der Waals surface area contributed by atoms with Crippen LogP contribution in [-0.4, -0.2) is 84.4 Å². The van der Waals surface area contributed by atoms with Crippen molar-refractivity contribution in [3.63, 3.8) is 0 Å². The number of amides is 1. The van der Waals surface area contributed by atoms with Crippen molar-refractivity contribution in [2.45, 2.75) is 12.8 Å². The molecule has 170 valence electrons. The van der Waals surface area contributed by atoms with Crippen LogP contribution in [0.4, 0.5) is 0 Å². The highest BCUT2D eigenvalue weighted by Gasteiger charge is 2.19. The Bertz CT molecular complexity index is 1020. The number of nitrogens with zero attached hydrogens (tertiary/aromatic N) is 4. The maximum absolute atomic E-state index is 10.9. The Morgan fingerprint density at radius 3 is 3.03 bits per heavy atom. The van der Waals surface area contributed by atoms with Crippen molar-refractivity contribution < 1.29 is 9.53 Å². The monoisotopic (exact) mass is 455 g/mol. The molecular formula is C22H29N7O2S. The fraction of sp³-hybridized carbons (Fsp3) is 0.455. The van der Waals surface area contributed by atoms with Crippen molar-refractivity contribution in [3.05, 3.63) is 40.9 Å². The zero-order valence-corrected chi connectivity index (χ0v) is 18.9. The van der Waals surface area contributed by atoms with E-state index in [1.165, 1.54) is 4.91 Å². The first kappa shape index (κ1) is 22.5. The van der Waals surface area contributed by atoms with Gasteiger partial charge in [-0.05, 0) is 23.9 Å². The summed E-state index contributed by atoms with van der Waals surface area (Å²) in [7, 11) is 0. The topological polar surface area (TPSA) is 121 Å². The van der Waals surface area contributed by atoms with Crippen molar-refractivity contribution in [3.8, 4) is 0 Å². The van der Waals surface area contributed by atoms with Gasteiger partial charge in [0.15, 0.2) is 5.84 Å². The standard InChI is InChI=1S/C22H29N7O2S/c23-20(30)5-2-7-24-13-16-6-8-25-22(17-3-1-4-19-18(17)14-26-28-19)27-21(15-32-16)29-9-11-31-12-10-29/h1,3-4,6,14,24H,2,5,7-13,15H2,(H2,23,30)(H,26,28). The number of nitrogens with one attached hydrogen (secondary N) is 2. The molecule has 9 nitrogen and oxygen atoms in total. The number of nitrogens with two attached hydrogens (primary N) is 1. The predicted octanol–water partition coefficient (Wildman–Crippen LogP) is 1.53. The zero-order chi connectivity index (χ0) is 22.2. The van der Waals surface area contributed by atoms with Crippen LogP contribution in [0.25, 0.3) is 10.9 Å². The summed E-state index contributed by atoms with van der Waals surface area (Å²) < 4.78 is 5.54. The summed E-state index contributed by atoms with van der Waals surface area (Å²) in [5.41, 5.74) is 7.17. The number of thioether (sulfide) groups is 1. The first-order valence-electron chi connectivity index (χ1n) is 10.9. The lowest BCUT2D eigenvalue weighted by molar-refractivity contribution is -0.118. The molecule has 0 radical (unpaired) electrons. The number of aromatic amines is 1. The number of benzene rings is 1. The molecule has 4 N–H and O–H groups in total. The number of fused-ring (bicyclic) bond motifs is 1. The molecule has 0 saturated carbocycles. The van der Waals surface area contributed by atoms with Crippen molar-refractivity contribution >= 4 is 40.2 Å². The van der Waals surface area contributed by atoms with Crippen LogP contribution in [0.3, 0.4) is 0 Å². The van der Waals surface area contributed by atoms with Gasteiger partial charge in [-0.15, -0.1) is 11.8 Å². The van der Waals surface area contributed by atoms with Crippen LogP contribution in [0.15, 0.2) is 45.4 Å². The minimum atomic E-state index is -0.260. The molecule has 0 unspecified atom stereocenters. The number of primary amides is 1. The van der Waals surface area contributed by atoms with E-state index in [0.29, 0.717) is 26.2 Å². The normalized spacial score (nSPS) is 17.8. The lowest BCUT2D eigenvalue weighted by Gasteiger charge is -2.30. The maximum atomic E-state index is 10.9. The Morgan fingerprint density at radius 2 is 2.19 bits per heavy atom. The number of ether oxygens (including phenoxy) is 1. The molecule has 2 aliphatic rings. The molecule has 3 heterocycles. The van der Waals surface area contributed by atoms with Crippen molar-refractivity contribution in [2.75, 3.05) is 51.7 Å². The van der Waals surface area contributed by atoms with Gasteiger partial charge in [-0.25, -0.2) is 4.99 Å². The number of H-pyrrole nitrogens is 1. The van der Waals surface area contributed by atoms with Crippen LogP contribution in [0.5, 0.6) is 0 Å². The van der Waals surface area contributed by atoms with Gasteiger partial charge < -0.3 is 20.7 Å². The summed E-state index contributed by atoms with van der Waals surface area (Å²) in [6.07, 6.45) is 5.12. The summed E-state index contributed by atoms with van der Waals surface area (Å²) in [6.45, 7) is 5.11. The molecule has 2 aromatic rings. The number of rotatable bonds is 7. The van der Waals surface area contributed by atoms with Gasteiger partial charge in [0.2, 0.25) is 5.91 Å². The molecule has 32 heavy (non-hydrogen) atoms. The molecule has 0 bridgehead atoms. The smallest absolute Gasteiger partial charge is 0.217 e. The Kier molecular flexibility index (Phi) is 7.92. The van der Waals surface area contributed by atoms with Crippen LogP contribution >= 0.6 is 11.8 Å². The molecule has 1 amide bonds. The number of carbonyl (C=O) groups excluding carboxylic acids is 1. The highest BCUT2D eigenvalue weighted by atomic mass is 32.2. The van der Waals surface area contributed by atoms with Crippen LogP contribution in [0.2, 0.25) is 0 Å². The SMILES string of the molecule is NC(=O)CCCNCC1=CCN=C(c2cccc3[nH]ncc23)N=C(N2CCOCC2)CS1. The average Bonchev–Trinajstić information content (AvgIpc) is 3.31. The lowest BCUT2D eigenvalue weighted by Crippen LogP contribution is -2.42. The average molecular weight is 456 g/mol. The Balaban J connectivity index is 1.55. The molecule has 0 spiro atoms. The summed E-state index contributed by atoms with van der Waals surface area (Å²) in [4.78, 5) is 24.3. The second-order valence-corrected chi connectivity index (χ2v) is 8.74. The van der Waals surface area contributed by atoms with Gasteiger partial charge in [0.25, 0.3) is 0 Å². The first-order valence-corrected chi connectivity index (χ1v) is 11.9. The van der Waals surface area contributed by atoms with Crippen molar-refractivity contribution in [1.29, 1.82) is 0 Å². The number of hydrogen-bond donors (Lipinski definition) is 3. The quantitative estimate of drug-likeness (QED) is 0.545. The summed E-state index contributed by atoms with van der Waals surface area (Å²) in [6, 6.07) is 6.06. The van der Waals surface area contributed by atoms with Crippen LogP contribution in [0, 0.1) is 0 Å². The minimum absolute atomic E-state index is 0.260. The molecule has 1 saturated heterocycles. The van der Waals surface area contributed by atoms with E-state index in [0.717, 1.165) is 66.5 Å². The minimum Gasteiger partial charge on any atom is -0.378 e. The number of amidine groups is 2. The third kappa shape index (κ3) is 5.96. The Morgan fingerprint density at radius 1 is 1.31 bits per heavy atom. The first-order chi connectivity index (χ1) is 15.7. The van der Waals surface area contributed by atoms with Crippen molar-refractivity contribution in [2.24, 2.45) is 15.7 Å². The number of aromatic nitrogens is 2. The number of aliphatic imine (C=N–C) groups is 2. The van der Waals surface area contributed by atoms with Gasteiger partial charge in [0.1, 0.15) is 5.84 Å². The molecule has 4 rings (SSSR count). The fourth-order valence-corrected chi connectivity index (χ4v) is 4.61. The number of morpholine rings is 1. The van der Waals surface area contributed by atoms with E-state index in [9.17, 15) is 4.79 Å². The zero-order valence-electron chi connectivity index (χ0n) is 18.0. The predicted molar refractivity (Wildman–Crippen MR) is 129 cm³/mol. The molecule has 10 heteroatoms. The second kappa shape index (κ2) is 11.3. The van der Waals surface area contributed by atoms with E-state index in [2.05, 4.69) is 26.5 Å². The van der Waals surface area contributed by atoms with E-state index >= 15 is 0 Å². The maximum Gasteiger partial charge on any atom is 0.217 e. The third-order valence-electron chi connectivity index (χ3n) is 5.36. The van der Waals surface area contributed by atoms with E-state index in [4.69, 9.17) is 20.5 Å². The molecule has 1 fully saturated rings. The van der Waals surface area contributed by atoms with Crippen LogP contribution in [0.1, 0.15) is 18.4 Å². The van der Waals surface area contributed by atoms with Crippen molar-refractivity contribution in [1.82, 2.24) is 20.4 Å². The Labute approximate surface area is 191 Å². The molecule has 1 aromatic carbocycles. The lowest BCUT2D eigenvalue weighted by atomic mass is 10.1. The largest absolute Gasteiger partial charge is 0.378 e. The van der Waals surface area contributed by atoms with E-state index in [-0.39, 0.29) is 5.91 Å². The molecular weight excluding hydrogens is 426 g/mol. The van der Waals surface area contributed by atoms with Gasteiger partial charge in [-0.2, -0.15) is 5.10 Å².